The molecule has 0 saturated heterocycles. The van der Waals surface area contributed by atoms with Gasteiger partial charge in [0.2, 0.25) is 0 Å². The van der Waals surface area contributed by atoms with Gasteiger partial charge in [-0.2, -0.15) is 0 Å². The van der Waals surface area contributed by atoms with Crippen molar-refractivity contribution in [2.45, 2.75) is 0 Å². The van der Waals surface area contributed by atoms with Crippen LogP contribution in [-0.4, -0.2) is 36.3 Å². The summed E-state index contributed by atoms with van der Waals surface area (Å²) in [6.45, 7) is 0.761. The predicted molar refractivity (Wildman–Crippen MR) is 89.1 cm³/mol. The van der Waals surface area contributed by atoms with Gasteiger partial charge in [-0.15, -0.1) is 0 Å². The lowest BCUT2D eigenvalue weighted by Gasteiger charge is -2.14. The van der Waals surface area contributed by atoms with E-state index < -0.39 is 10.7 Å². The Morgan fingerprint density at radius 1 is 1.12 bits per heavy atom. The number of benzene rings is 2. The Hall–Kier alpha value is -2.87. The van der Waals surface area contributed by atoms with Crippen molar-refractivity contribution in [2.24, 2.45) is 0 Å². The molecule has 24 heavy (non-hydrogen) atoms. The third-order valence-electron chi connectivity index (χ3n) is 3.15. The van der Waals surface area contributed by atoms with E-state index in [0.717, 1.165) is 0 Å². The summed E-state index contributed by atoms with van der Waals surface area (Å²) in [5.41, 5.74) is 1.08. The Kier molecular flexibility index (Phi) is 6.32. The van der Waals surface area contributed by atoms with E-state index in [1.807, 2.05) is 0 Å². The Morgan fingerprint density at radius 2 is 1.88 bits per heavy atom. The molecule has 0 radical (unpaired) electrons. The zero-order chi connectivity index (χ0) is 17.4. The average molecular weight is 335 g/mol. The molecule has 128 valence electrons. The lowest BCUT2D eigenvalue weighted by Crippen LogP contribution is -2.14. The van der Waals surface area contributed by atoms with Gasteiger partial charge in [0.05, 0.1) is 22.9 Å². The third-order valence-corrected chi connectivity index (χ3v) is 3.15. The molecule has 0 bridgehead atoms. The zero-order valence-corrected chi connectivity index (χ0v) is 12.9. The van der Waals surface area contributed by atoms with Crippen LogP contribution in [0.5, 0.6) is 5.75 Å². The molecule has 0 aromatic heterocycles. The van der Waals surface area contributed by atoms with Crippen molar-refractivity contribution in [2.75, 3.05) is 36.9 Å². The quantitative estimate of drug-likeness (QED) is 0.370. The minimum atomic E-state index is -0.489. The molecule has 0 amide bonds. The van der Waals surface area contributed by atoms with E-state index >= 15 is 0 Å². The van der Waals surface area contributed by atoms with Crippen LogP contribution in [0.4, 0.5) is 21.5 Å². The molecule has 0 unspecified atom stereocenters. The van der Waals surface area contributed by atoms with E-state index in [2.05, 4.69) is 10.6 Å². The maximum Gasteiger partial charge on any atom is 0.271 e. The SMILES string of the molecule is O=[N+]([O-])c1ccc(NCCO)c(NCCOc2ccccc2F)c1. The highest BCUT2D eigenvalue weighted by Gasteiger charge is 2.10. The number of hydrogen-bond acceptors (Lipinski definition) is 6. The van der Waals surface area contributed by atoms with Gasteiger partial charge in [0.1, 0.15) is 6.61 Å². The largest absolute Gasteiger partial charge is 0.489 e. The van der Waals surface area contributed by atoms with Gasteiger partial charge in [-0.25, -0.2) is 4.39 Å². The van der Waals surface area contributed by atoms with Gasteiger partial charge in [-0.05, 0) is 18.2 Å². The van der Waals surface area contributed by atoms with Gasteiger partial charge in [0.15, 0.2) is 11.6 Å². The monoisotopic (exact) mass is 335 g/mol. The van der Waals surface area contributed by atoms with Crippen LogP contribution in [-0.2, 0) is 0 Å². The number of rotatable bonds is 9. The van der Waals surface area contributed by atoms with Crippen LogP contribution >= 0.6 is 0 Å². The first kappa shape index (κ1) is 17.5. The summed E-state index contributed by atoms with van der Waals surface area (Å²) in [4.78, 5) is 10.4. The molecule has 2 aromatic carbocycles. The van der Waals surface area contributed by atoms with Crippen LogP contribution in [0.1, 0.15) is 0 Å². The normalized spacial score (nSPS) is 10.2. The first-order valence-corrected chi connectivity index (χ1v) is 7.36. The minimum Gasteiger partial charge on any atom is -0.489 e. The number of non-ortho nitro benzene ring substituents is 1. The standard InChI is InChI=1S/C16H18FN3O4/c17-13-3-1-2-4-16(13)24-10-8-19-15-11-12(20(22)23)5-6-14(15)18-7-9-21/h1-6,11,18-19,21H,7-10H2. The number of aliphatic hydroxyl groups is 1. The predicted octanol–water partition coefficient (Wildman–Crippen LogP) is 2.63. The Morgan fingerprint density at radius 3 is 2.58 bits per heavy atom. The van der Waals surface area contributed by atoms with Crippen molar-refractivity contribution >= 4 is 17.1 Å². The number of nitrogens with zero attached hydrogens (tertiary/aromatic N) is 1. The van der Waals surface area contributed by atoms with Gasteiger partial charge >= 0.3 is 0 Å². The van der Waals surface area contributed by atoms with E-state index in [9.17, 15) is 14.5 Å². The van der Waals surface area contributed by atoms with E-state index in [1.54, 1.807) is 18.2 Å². The molecular weight excluding hydrogens is 317 g/mol. The molecule has 0 fully saturated rings. The highest BCUT2D eigenvalue weighted by atomic mass is 19.1. The van der Waals surface area contributed by atoms with Crippen molar-refractivity contribution in [3.63, 3.8) is 0 Å². The van der Waals surface area contributed by atoms with Crippen LogP contribution in [0.3, 0.4) is 0 Å². The van der Waals surface area contributed by atoms with Gasteiger partial charge in [-0.3, -0.25) is 10.1 Å². The number of ether oxygens (including phenoxy) is 1. The van der Waals surface area contributed by atoms with Crippen LogP contribution in [0.25, 0.3) is 0 Å². The van der Waals surface area contributed by atoms with E-state index in [1.165, 1.54) is 24.3 Å². The van der Waals surface area contributed by atoms with Crippen molar-refractivity contribution in [3.05, 3.63) is 58.4 Å². The first-order valence-electron chi connectivity index (χ1n) is 7.36. The Balaban J connectivity index is 1.97. The Bertz CT molecular complexity index is 697. The summed E-state index contributed by atoms with van der Waals surface area (Å²) >= 11 is 0. The van der Waals surface area contributed by atoms with Crippen molar-refractivity contribution in [1.29, 1.82) is 0 Å². The number of nitro benzene ring substituents is 1. The summed E-state index contributed by atoms with van der Waals surface area (Å²) in [7, 11) is 0. The summed E-state index contributed by atoms with van der Waals surface area (Å²) in [6.07, 6.45) is 0. The lowest BCUT2D eigenvalue weighted by molar-refractivity contribution is -0.384. The van der Waals surface area contributed by atoms with Crippen LogP contribution < -0.4 is 15.4 Å². The van der Waals surface area contributed by atoms with Gasteiger partial charge in [-0.1, -0.05) is 12.1 Å². The molecule has 0 aliphatic carbocycles. The second-order valence-corrected chi connectivity index (χ2v) is 4.84. The number of aliphatic hydroxyl groups excluding tert-OH is 1. The molecule has 0 aliphatic heterocycles. The molecule has 7 nitrogen and oxygen atoms in total. The molecule has 0 spiro atoms. The van der Waals surface area contributed by atoms with Gasteiger partial charge < -0.3 is 20.5 Å². The second-order valence-electron chi connectivity index (χ2n) is 4.84. The van der Waals surface area contributed by atoms with E-state index in [0.29, 0.717) is 24.5 Å². The molecule has 3 N–H and O–H groups in total. The van der Waals surface area contributed by atoms with Crippen molar-refractivity contribution in [1.82, 2.24) is 0 Å². The number of anilines is 2. The molecule has 0 saturated carbocycles. The average Bonchev–Trinajstić information content (AvgIpc) is 2.58. The fraction of sp³-hybridized carbons (Fsp3) is 0.250. The molecule has 8 heteroatoms. The van der Waals surface area contributed by atoms with Gasteiger partial charge in [0, 0.05) is 25.2 Å². The summed E-state index contributed by atoms with van der Waals surface area (Å²) < 4.78 is 18.8. The molecule has 0 atom stereocenters. The molecule has 2 aromatic rings. The number of nitro groups is 1. The Labute approximate surface area is 138 Å². The van der Waals surface area contributed by atoms with Crippen LogP contribution in [0, 0.1) is 15.9 Å². The number of para-hydroxylation sites is 1. The summed E-state index contributed by atoms with van der Waals surface area (Å²) in [5.74, 6) is -0.296. The molecule has 0 aliphatic rings. The zero-order valence-electron chi connectivity index (χ0n) is 12.9. The van der Waals surface area contributed by atoms with Crippen LogP contribution in [0.15, 0.2) is 42.5 Å². The topological polar surface area (TPSA) is 96.7 Å². The highest BCUT2D eigenvalue weighted by Crippen LogP contribution is 2.26. The van der Waals surface area contributed by atoms with E-state index in [-0.39, 0.29) is 24.7 Å². The fourth-order valence-electron chi connectivity index (χ4n) is 2.05. The lowest BCUT2D eigenvalue weighted by atomic mass is 10.2. The second kappa shape index (κ2) is 8.68. The third kappa shape index (κ3) is 4.82. The van der Waals surface area contributed by atoms with Crippen molar-refractivity contribution < 1.29 is 19.2 Å². The smallest absolute Gasteiger partial charge is 0.271 e. The van der Waals surface area contributed by atoms with Crippen LogP contribution in [0.2, 0.25) is 0 Å². The molecule has 0 heterocycles. The maximum atomic E-state index is 13.4. The fourth-order valence-corrected chi connectivity index (χ4v) is 2.05. The minimum absolute atomic E-state index is 0.0536. The molecular formula is C16H18FN3O4. The highest BCUT2D eigenvalue weighted by molar-refractivity contribution is 5.71. The first-order chi connectivity index (χ1) is 11.6. The number of nitrogens with one attached hydrogen (secondary N) is 2. The summed E-state index contributed by atoms with van der Waals surface area (Å²) in [6, 6.07) is 10.4. The summed E-state index contributed by atoms with van der Waals surface area (Å²) in [5, 5.41) is 25.7. The number of halogens is 1. The maximum absolute atomic E-state index is 13.4. The van der Waals surface area contributed by atoms with Crippen molar-refractivity contribution in [3.8, 4) is 5.75 Å². The number of hydrogen-bond donors (Lipinski definition) is 3. The van der Waals surface area contributed by atoms with Gasteiger partial charge in [0.25, 0.3) is 5.69 Å². The molecule has 2 rings (SSSR count). The van der Waals surface area contributed by atoms with E-state index in [4.69, 9.17) is 9.84 Å².